The van der Waals surface area contributed by atoms with Crippen molar-refractivity contribution in [3.63, 3.8) is 0 Å². The molecule has 1 aliphatic carbocycles. The summed E-state index contributed by atoms with van der Waals surface area (Å²) in [4.78, 5) is 0. The molecule has 0 aromatic heterocycles. The molecule has 2 aromatic rings. The number of hydrogen-bond acceptors (Lipinski definition) is 2. The van der Waals surface area contributed by atoms with Gasteiger partial charge in [-0.2, -0.15) is 0 Å². The van der Waals surface area contributed by atoms with Crippen molar-refractivity contribution in [2.75, 3.05) is 0 Å². The van der Waals surface area contributed by atoms with Crippen LogP contribution in [0.15, 0.2) is 24.3 Å². The number of ether oxygens (including phenoxy) is 1. The highest BCUT2D eigenvalue weighted by molar-refractivity contribution is 5.84. The summed E-state index contributed by atoms with van der Waals surface area (Å²) in [6.45, 7) is 8.58. The van der Waals surface area contributed by atoms with Gasteiger partial charge in [-0.3, -0.25) is 0 Å². The van der Waals surface area contributed by atoms with Crippen LogP contribution in [0.2, 0.25) is 0 Å². The second kappa shape index (κ2) is 6.33. The topological polar surface area (TPSA) is 29.5 Å². The first-order valence-corrected chi connectivity index (χ1v) is 10.1. The summed E-state index contributed by atoms with van der Waals surface area (Å²) in [5, 5.41) is 11.3. The lowest BCUT2D eigenvalue weighted by Gasteiger charge is -2.36. The van der Waals surface area contributed by atoms with Crippen LogP contribution in [0.4, 0.5) is 0 Å². The maximum atomic E-state index is 11.3. The van der Waals surface area contributed by atoms with Crippen LogP contribution >= 0.6 is 0 Å². The smallest absolute Gasteiger partial charge is 0.132 e. The van der Waals surface area contributed by atoms with E-state index in [9.17, 15) is 5.11 Å². The average Bonchev–Trinajstić information content (AvgIpc) is 3.38. The maximum Gasteiger partial charge on any atom is 0.132 e. The number of benzene rings is 2. The van der Waals surface area contributed by atoms with E-state index in [0.717, 1.165) is 28.9 Å². The van der Waals surface area contributed by atoms with Crippen LogP contribution in [-0.4, -0.2) is 5.11 Å². The summed E-state index contributed by atoms with van der Waals surface area (Å²) in [6, 6.07) is 8.71. The number of phenols is 1. The second-order valence-electron chi connectivity index (χ2n) is 8.56. The third-order valence-electron chi connectivity index (χ3n) is 5.88. The monoisotopic (exact) mass is 350 g/mol. The van der Waals surface area contributed by atoms with Gasteiger partial charge in [-0.05, 0) is 69.6 Å². The van der Waals surface area contributed by atoms with Crippen LogP contribution in [0, 0.1) is 6.92 Å². The molecule has 0 atom stereocenters. The molecule has 0 unspecified atom stereocenters. The molecule has 4 rings (SSSR count). The van der Waals surface area contributed by atoms with Gasteiger partial charge in [0.25, 0.3) is 0 Å². The summed E-state index contributed by atoms with van der Waals surface area (Å²) < 4.78 is 6.41. The van der Waals surface area contributed by atoms with E-state index >= 15 is 0 Å². The normalized spacial score (nSPS) is 17.4. The molecule has 1 N–H and O–H groups in total. The molecule has 1 fully saturated rings. The molecule has 0 amide bonds. The molecule has 0 radical (unpaired) electrons. The lowest BCUT2D eigenvalue weighted by Crippen LogP contribution is -2.29. The Hall–Kier alpha value is -1.96. The zero-order valence-electron chi connectivity index (χ0n) is 16.5. The lowest BCUT2D eigenvalue weighted by atomic mass is 9.82. The Labute approximate surface area is 157 Å². The SMILES string of the molecule is CCCCCc1cc2c(c(O)c1C1CC1)-c1cc(C)ccc1C(C)(C)O2. The van der Waals surface area contributed by atoms with Crippen LogP contribution in [0.1, 0.15) is 81.0 Å². The molecule has 2 aromatic carbocycles. The molecule has 1 heterocycles. The van der Waals surface area contributed by atoms with Gasteiger partial charge in [-0.15, -0.1) is 0 Å². The van der Waals surface area contributed by atoms with E-state index in [1.165, 1.54) is 48.8 Å². The molecule has 2 aliphatic rings. The van der Waals surface area contributed by atoms with Crippen molar-refractivity contribution in [3.05, 3.63) is 46.5 Å². The maximum absolute atomic E-state index is 11.3. The second-order valence-corrected chi connectivity index (χ2v) is 8.56. The molecule has 0 spiro atoms. The number of rotatable bonds is 5. The molecule has 1 aliphatic heterocycles. The third kappa shape index (κ3) is 2.90. The summed E-state index contributed by atoms with van der Waals surface area (Å²) in [5.41, 5.74) is 6.52. The molecule has 2 nitrogen and oxygen atoms in total. The van der Waals surface area contributed by atoms with E-state index in [1.807, 2.05) is 0 Å². The predicted octanol–water partition coefficient (Wildman–Crippen LogP) is 6.61. The molecule has 0 bridgehead atoms. The summed E-state index contributed by atoms with van der Waals surface area (Å²) >= 11 is 0. The first-order chi connectivity index (χ1) is 12.4. The minimum atomic E-state index is -0.385. The molecule has 26 heavy (non-hydrogen) atoms. The van der Waals surface area contributed by atoms with Gasteiger partial charge in [0.2, 0.25) is 0 Å². The van der Waals surface area contributed by atoms with Crippen LogP contribution in [-0.2, 0) is 12.0 Å². The number of phenolic OH excluding ortho intramolecular Hbond substituents is 1. The van der Waals surface area contributed by atoms with Crippen LogP contribution in [0.3, 0.4) is 0 Å². The van der Waals surface area contributed by atoms with Gasteiger partial charge in [0.15, 0.2) is 0 Å². The highest BCUT2D eigenvalue weighted by Gasteiger charge is 2.38. The summed E-state index contributed by atoms with van der Waals surface area (Å²) in [5.74, 6) is 1.85. The Balaban J connectivity index is 1.90. The first kappa shape index (κ1) is 17.5. The van der Waals surface area contributed by atoms with Crippen molar-refractivity contribution in [1.29, 1.82) is 0 Å². The quantitative estimate of drug-likeness (QED) is 0.615. The van der Waals surface area contributed by atoms with Crippen LogP contribution in [0.5, 0.6) is 11.5 Å². The van der Waals surface area contributed by atoms with Crippen LogP contribution in [0.25, 0.3) is 11.1 Å². The average molecular weight is 351 g/mol. The molecule has 1 saturated carbocycles. The number of aryl methyl sites for hydroxylation is 2. The first-order valence-electron chi connectivity index (χ1n) is 10.1. The number of hydrogen-bond donors (Lipinski definition) is 1. The molecular weight excluding hydrogens is 320 g/mol. The van der Waals surface area contributed by atoms with Crippen LogP contribution < -0.4 is 4.74 Å². The summed E-state index contributed by atoms with van der Waals surface area (Å²) in [7, 11) is 0. The molecular formula is C24H30O2. The Morgan fingerprint density at radius 2 is 1.92 bits per heavy atom. The highest BCUT2D eigenvalue weighted by atomic mass is 16.5. The van der Waals surface area contributed by atoms with Crippen molar-refractivity contribution in [3.8, 4) is 22.6 Å². The van der Waals surface area contributed by atoms with E-state index in [2.05, 4.69) is 52.0 Å². The minimum Gasteiger partial charge on any atom is -0.507 e. The fourth-order valence-electron chi connectivity index (χ4n) is 4.37. The summed E-state index contributed by atoms with van der Waals surface area (Å²) in [6.07, 6.45) is 7.04. The Kier molecular flexibility index (Phi) is 4.25. The van der Waals surface area contributed by atoms with E-state index in [1.54, 1.807) is 0 Å². The lowest BCUT2D eigenvalue weighted by molar-refractivity contribution is 0.105. The van der Waals surface area contributed by atoms with Crippen molar-refractivity contribution in [2.45, 2.75) is 77.7 Å². The molecule has 2 heteroatoms. The van der Waals surface area contributed by atoms with Crippen molar-refractivity contribution < 1.29 is 9.84 Å². The van der Waals surface area contributed by atoms with E-state index < -0.39 is 0 Å². The fourth-order valence-corrected chi connectivity index (χ4v) is 4.37. The Morgan fingerprint density at radius 3 is 2.62 bits per heavy atom. The molecule has 0 saturated heterocycles. The number of fused-ring (bicyclic) bond motifs is 3. The zero-order chi connectivity index (χ0) is 18.5. The van der Waals surface area contributed by atoms with E-state index in [4.69, 9.17) is 4.74 Å². The van der Waals surface area contributed by atoms with Crippen molar-refractivity contribution in [2.24, 2.45) is 0 Å². The van der Waals surface area contributed by atoms with Gasteiger partial charge in [0.1, 0.15) is 17.1 Å². The third-order valence-corrected chi connectivity index (χ3v) is 5.88. The van der Waals surface area contributed by atoms with Gasteiger partial charge in [0, 0.05) is 11.1 Å². The molecule has 138 valence electrons. The van der Waals surface area contributed by atoms with Crippen molar-refractivity contribution in [1.82, 2.24) is 0 Å². The number of aromatic hydroxyl groups is 1. The largest absolute Gasteiger partial charge is 0.507 e. The Bertz CT molecular complexity index is 844. The number of unbranched alkanes of at least 4 members (excludes halogenated alkanes) is 2. The zero-order valence-corrected chi connectivity index (χ0v) is 16.5. The van der Waals surface area contributed by atoms with Gasteiger partial charge < -0.3 is 9.84 Å². The Morgan fingerprint density at radius 1 is 1.15 bits per heavy atom. The van der Waals surface area contributed by atoms with Gasteiger partial charge >= 0.3 is 0 Å². The highest BCUT2D eigenvalue weighted by Crippen LogP contribution is 2.55. The minimum absolute atomic E-state index is 0.385. The van der Waals surface area contributed by atoms with Gasteiger partial charge in [-0.25, -0.2) is 0 Å². The fraction of sp³-hybridized carbons (Fsp3) is 0.500. The predicted molar refractivity (Wildman–Crippen MR) is 107 cm³/mol. The van der Waals surface area contributed by atoms with Crippen molar-refractivity contribution >= 4 is 0 Å². The van der Waals surface area contributed by atoms with Gasteiger partial charge in [0.05, 0.1) is 5.56 Å². The van der Waals surface area contributed by atoms with E-state index in [-0.39, 0.29) is 5.60 Å². The standard InChI is InChI=1S/C24H30O2/c1-5-6-7-8-17-14-20-22(23(25)21(17)16-10-11-16)18-13-15(2)9-12-19(18)24(3,4)26-20/h9,12-14,16,25H,5-8,10-11H2,1-4H3. The van der Waals surface area contributed by atoms with E-state index in [0.29, 0.717) is 11.7 Å². The van der Waals surface area contributed by atoms with Gasteiger partial charge in [-0.1, -0.05) is 43.5 Å².